The third-order valence-electron chi connectivity index (χ3n) is 13.8. The number of nitrogens with one attached hydrogen (secondary N) is 2. The van der Waals surface area contributed by atoms with E-state index in [4.69, 9.17) is 19.4 Å². The maximum absolute atomic E-state index is 14.7. The molecule has 2 N–H and O–H groups in total. The molecule has 4 aliphatic rings. The summed E-state index contributed by atoms with van der Waals surface area (Å²) < 4.78 is 14.3. The summed E-state index contributed by atoms with van der Waals surface area (Å²) in [5, 5.41) is 8.15. The van der Waals surface area contributed by atoms with Gasteiger partial charge in [-0.05, 0) is 75.9 Å². The number of fused-ring (bicyclic) bond motifs is 7. The van der Waals surface area contributed by atoms with E-state index in [0.717, 1.165) is 44.7 Å². The van der Waals surface area contributed by atoms with E-state index in [0.29, 0.717) is 70.1 Å². The molecule has 4 aliphatic heterocycles. The van der Waals surface area contributed by atoms with Crippen LogP contribution in [0.1, 0.15) is 76.8 Å². The van der Waals surface area contributed by atoms with Crippen LogP contribution in [-0.2, 0) is 48.0 Å². The molecular formula is C49H66N10O7S. The number of carbonyl (C=O) groups is 5. The molecule has 18 heteroatoms. The topological polar surface area (TPSA) is 175 Å². The number of urea groups is 1. The van der Waals surface area contributed by atoms with Crippen LogP contribution < -0.4 is 10.7 Å². The van der Waals surface area contributed by atoms with Crippen molar-refractivity contribution >= 4 is 52.0 Å². The van der Waals surface area contributed by atoms with E-state index in [9.17, 15) is 24.0 Å². The van der Waals surface area contributed by atoms with Crippen LogP contribution in [0, 0.1) is 11.3 Å². The average molecular weight is 939 g/mol. The number of piperazine rings is 2. The van der Waals surface area contributed by atoms with Crippen molar-refractivity contribution in [3.63, 3.8) is 0 Å². The Morgan fingerprint density at radius 3 is 2.64 bits per heavy atom. The highest BCUT2D eigenvalue weighted by atomic mass is 32.1. The van der Waals surface area contributed by atoms with Crippen LogP contribution in [0.15, 0.2) is 41.9 Å². The van der Waals surface area contributed by atoms with E-state index in [-0.39, 0.29) is 43.0 Å². The number of esters is 1. The zero-order valence-electron chi connectivity index (χ0n) is 40.3. The van der Waals surface area contributed by atoms with Crippen molar-refractivity contribution in [2.24, 2.45) is 11.3 Å². The van der Waals surface area contributed by atoms with Crippen molar-refractivity contribution in [2.75, 3.05) is 67.1 Å². The van der Waals surface area contributed by atoms with Crippen LogP contribution in [0.3, 0.4) is 0 Å². The van der Waals surface area contributed by atoms with Gasteiger partial charge in [-0.25, -0.2) is 15.2 Å². The van der Waals surface area contributed by atoms with Crippen LogP contribution >= 0.6 is 11.3 Å². The quantitative estimate of drug-likeness (QED) is 0.234. The highest BCUT2D eigenvalue weighted by Crippen LogP contribution is 2.42. The lowest BCUT2D eigenvalue weighted by atomic mass is 9.84. The molecule has 67 heavy (non-hydrogen) atoms. The predicted octanol–water partition coefficient (Wildman–Crippen LogP) is 4.74. The Morgan fingerprint density at radius 1 is 1.10 bits per heavy atom. The monoisotopic (exact) mass is 938 g/mol. The number of thiazole rings is 1. The van der Waals surface area contributed by atoms with Crippen LogP contribution in [0.4, 0.5) is 4.79 Å². The lowest BCUT2D eigenvalue weighted by Crippen LogP contribution is -2.66. The first kappa shape index (κ1) is 48.0. The molecule has 1 aromatic carbocycles. The Morgan fingerprint density at radius 2 is 1.90 bits per heavy atom. The second kappa shape index (κ2) is 19.7. The van der Waals surface area contributed by atoms with Crippen LogP contribution in [0.2, 0.25) is 0 Å². The van der Waals surface area contributed by atoms with E-state index in [1.54, 1.807) is 25.3 Å². The Balaban J connectivity index is 1.14. The van der Waals surface area contributed by atoms with Gasteiger partial charge in [-0.3, -0.25) is 34.1 Å². The van der Waals surface area contributed by atoms with E-state index in [1.807, 2.05) is 49.1 Å². The molecule has 0 aliphatic carbocycles. The molecule has 360 valence electrons. The number of aryl methyl sites for hydroxylation is 1. The molecule has 1 unspecified atom stereocenters. The predicted molar refractivity (Wildman–Crippen MR) is 256 cm³/mol. The summed E-state index contributed by atoms with van der Waals surface area (Å²) in [7, 11) is 5.20. The molecular weight excluding hydrogens is 873 g/mol. The fourth-order valence-electron chi connectivity index (χ4n) is 10.3. The zero-order valence-corrected chi connectivity index (χ0v) is 41.2. The van der Waals surface area contributed by atoms with Gasteiger partial charge in [0.1, 0.15) is 18.1 Å². The summed E-state index contributed by atoms with van der Waals surface area (Å²) in [4.78, 5) is 87.0. The standard InChI is InChI=1S/C49H66N10O7S/c1-10-57-39-16-15-31-21-34(39)35(44(57)33-13-11-17-50-42(33)30(4)65-9)23-49(5,6)28-66-47(63)36-14-12-18-59(53-36)46(62)37(22-40-51-38(31)27-67-40)52-45(61)43(29(2)3)55(8)48(64)56-19-20-58-32(25-56)24-54(7)26-41(58)60/h11,13,15-17,21,27,29-30,32,36-37,43,53H,10,12,14,18-20,22-26,28H2,1-9H3,(H,52,61)/t30-,32-,36-,37-,43?/m0/s1. The average Bonchev–Trinajstić information content (AvgIpc) is 3.90. The largest absolute Gasteiger partial charge is 0.464 e. The number of carbonyl (C=O) groups excluding carboxylic acids is 5. The molecule has 4 aromatic rings. The first-order valence-corrected chi connectivity index (χ1v) is 24.5. The van der Waals surface area contributed by atoms with Crippen molar-refractivity contribution in [1.82, 2.24) is 49.9 Å². The van der Waals surface area contributed by atoms with Gasteiger partial charge in [-0.1, -0.05) is 33.8 Å². The Kier molecular flexibility index (Phi) is 14.1. The van der Waals surface area contributed by atoms with E-state index in [2.05, 4.69) is 60.3 Å². The summed E-state index contributed by atoms with van der Waals surface area (Å²) >= 11 is 1.41. The summed E-state index contributed by atoms with van der Waals surface area (Å²) in [5.74, 6) is -1.61. The summed E-state index contributed by atoms with van der Waals surface area (Å²) in [6.07, 6.45) is 3.20. The first-order valence-electron chi connectivity index (χ1n) is 23.6. The van der Waals surface area contributed by atoms with Gasteiger partial charge < -0.3 is 34.1 Å². The van der Waals surface area contributed by atoms with Gasteiger partial charge in [0, 0.05) is 98.9 Å². The van der Waals surface area contributed by atoms with Gasteiger partial charge in [-0.15, -0.1) is 11.3 Å². The number of pyridine rings is 1. The summed E-state index contributed by atoms with van der Waals surface area (Å²) in [6, 6.07) is 7.19. The first-order chi connectivity index (χ1) is 32.0. The molecule has 0 saturated carbocycles. The zero-order chi connectivity index (χ0) is 47.9. The number of benzene rings is 1. The maximum Gasteiger partial charge on any atom is 0.324 e. The molecule has 3 saturated heterocycles. The highest BCUT2D eigenvalue weighted by Gasteiger charge is 2.42. The van der Waals surface area contributed by atoms with E-state index >= 15 is 0 Å². The second-order valence-corrected chi connectivity index (χ2v) is 20.7. The number of hydrogen-bond donors (Lipinski definition) is 2. The lowest BCUT2D eigenvalue weighted by Gasteiger charge is -2.47. The normalized spacial score (nSPS) is 22.6. The Bertz CT molecular complexity index is 2520. The smallest absolute Gasteiger partial charge is 0.324 e. The second-order valence-electron chi connectivity index (χ2n) is 19.7. The van der Waals surface area contributed by atoms with Crippen molar-refractivity contribution < 1.29 is 33.4 Å². The highest BCUT2D eigenvalue weighted by molar-refractivity contribution is 7.10. The molecule has 5 atom stereocenters. The fraction of sp³-hybridized carbons (Fsp3) is 0.571. The van der Waals surface area contributed by atoms with Crippen molar-refractivity contribution in [3.05, 3.63) is 58.2 Å². The number of hydrogen-bond acceptors (Lipinski definition) is 12. The number of likely N-dealkylation sites (N-methyl/N-ethyl adjacent to an activating group) is 2. The molecule has 8 rings (SSSR count). The molecule has 7 heterocycles. The van der Waals surface area contributed by atoms with Crippen LogP contribution in [0.25, 0.3) is 33.4 Å². The van der Waals surface area contributed by atoms with Crippen molar-refractivity contribution in [3.8, 4) is 22.5 Å². The number of nitrogens with zero attached hydrogens (tertiary/aromatic N) is 8. The van der Waals surface area contributed by atoms with Gasteiger partial charge in [-0.2, -0.15) is 0 Å². The van der Waals surface area contributed by atoms with Crippen LogP contribution in [-0.4, -0.2) is 160 Å². The number of hydrazine groups is 1. The van der Waals surface area contributed by atoms with E-state index < -0.39 is 41.3 Å². The number of rotatable bonds is 8. The molecule has 3 aromatic heterocycles. The lowest BCUT2D eigenvalue weighted by molar-refractivity contribution is -0.155. The number of aromatic nitrogens is 3. The maximum atomic E-state index is 14.7. The van der Waals surface area contributed by atoms with Gasteiger partial charge in [0.05, 0.1) is 47.4 Å². The van der Waals surface area contributed by atoms with Crippen molar-refractivity contribution in [2.45, 2.75) is 104 Å². The third kappa shape index (κ3) is 9.81. The molecule has 5 amide bonds. The number of methoxy groups -OCH3 is 1. The van der Waals surface area contributed by atoms with Gasteiger partial charge in [0.25, 0.3) is 5.91 Å². The summed E-state index contributed by atoms with van der Waals surface area (Å²) in [6.45, 7) is 15.4. The molecule has 17 nitrogen and oxygen atoms in total. The van der Waals surface area contributed by atoms with Gasteiger partial charge in [0.15, 0.2) is 0 Å². The van der Waals surface area contributed by atoms with Crippen molar-refractivity contribution in [1.29, 1.82) is 0 Å². The number of cyclic esters (lactones) is 1. The Hall–Kier alpha value is -5.43. The SMILES string of the molecule is CCn1c(-c2cccnc2[C@H](C)OC)c2c3cc(ccc31)-c1csc(n1)C[C@H](NC(=O)C(C(C)C)N(C)C(=O)N1CCN3C(=O)CN(C)C[C@H]3C1)C(=O)N1CCC[C@H](N1)C(=O)OCC(C)(C)C2. The van der Waals surface area contributed by atoms with E-state index in [1.165, 1.54) is 21.2 Å². The molecule has 6 bridgehead atoms. The Labute approximate surface area is 397 Å². The number of amides is 5. The molecule has 3 fully saturated rings. The van der Waals surface area contributed by atoms with Gasteiger partial charge in [0.2, 0.25) is 11.8 Å². The van der Waals surface area contributed by atoms with Crippen LogP contribution in [0.5, 0.6) is 0 Å². The number of ether oxygens (including phenoxy) is 2. The minimum Gasteiger partial charge on any atom is -0.464 e. The summed E-state index contributed by atoms with van der Waals surface area (Å²) in [5.41, 5.74) is 9.29. The fourth-order valence-corrected chi connectivity index (χ4v) is 11.2. The molecule has 0 spiro atoms. The minimum absolute atomic E-state index is 0.0512. The third-order valence-corrected chi connectivity index (χ3v) is 14.6. The molecule has 0 radical (unpaired) electrons. The van der Waals surface area contributed by atoms with Gasteiger partial charge >= 0.3 is 12.0 Å². The minimum atomic E-state index is -1.08.